The lowest BCUT2D eigenvalue weighted by Crippen LogP contribution is -2.47. The number of aromatic nitrogens is 4. The molecule has 2 aromatic heterocycles. The summed E-state index contributed by atoms with van der Waals surface area (Å²) >= 11 is 0. The SMILES string of the molecule is COC(=O)N[C@@H](C)C(=O)N1CCC[C@H]1c1nc(/C=C/c2ccc(/C=C/c3c[nH]c([C@@H]4CCCN4C(=O)[C@H](C)N(C)C(=O)O)n3)cc2)c[nH]1. The summed E-state index contributed by atoms with van der Waals surface area (Å²) in [6.45, 7) is 4.40. The number of H-pyrrole nitrogens is 2. The number of likely N-dealkylation sites (N-methyl/N-ethyl adjacent to an activating group) is 1. The number of ether oxygens (including phenoxy) is 1. The summed E-state index contributed by atoms with van der Waals surface area (Å²) in [5.74, 6) is 0.986. The maximum atomic E-state index is 13.0. The maximum Gasteiger partial charge on any atom is 0.407 e. The van der Waals surface area contributed by atoms with E-state index in [2.05, 4.69) is 20.0 Å². The minimum Gasteiger partial charge on any atom is -0.465 e. The van der Waals surface area contributed by atoms with Gasteiger partial charge in [-0.3, -0.25) is 14.5 Å². The molecule has 0 saturated carbocycles. The Hall–Kier alpha value is -5.40. The lowest BCUT2D eigenvalue weighted by molar-refractivity contribution is -0.136. The highest BCUT2D eigenvalue weighted by Gasteiger charge is 2.37. The zero-order chi connectivity index (χ0) is 34.4. The second-order valence-corrected chi connectivity index (χ2v) is 12.1. The number of amides is 4. The van der Waals surface area contributed by atoms with E-state index in [1.54, 1.807) is 29.8 Å². The number of methoxy groups -OCH3 is 1. The van der Waals surface area contributed by atoms with E-state index in [0.717, 1.165) is 53.1 Å². The van der Waals surface area contributed by atoms with Crippen molar-refractivity contribution < 1.29 is 29.0 Å². The summed E-state index contributed by atoms with van der Waals surface area (Å²) in [5.41, 5.74) is 3.46. The Balaban J connectivity index is 1.16. The summed E-state index contributed by atoms with van der Waals surface area (Å²) < 4.78 is 4.61. The predicted molar refractivity (Wildman–Crippen MR) is 179 cm³/mol. The van der Waals surface area contributed by atoms with Crippen molar-refractivity contribution in [2.24, 2.45) is 0 Å². The number of alkyl carbamates (subject to hydrolysis) is 1. The van der Waals surface area contributed by atoms with E-state index < -0.39 is 24.3 Å². The molecule has 0 aliphatic carbocycles. The highest BCUT2D eigenvalue weighted by atomic mass is 16.5. The maximum absolute atomic E-state index is 13.0. The van der Waals surface area contributed by atoms with E-state index in [1.807, 2.05) is 54.8 Å². The number of likely N-dealkylation sites (tertiary alicyclic amines) is 2. The van der Waals surface area contributed by atoms with E-state index in [0.29, 0.717) is 24.7 Å². The van der Waals surface area contributed by atoms with E-state index in [1.165, 1.54) is 14.2 Å². The molecule has 3 aromatic rings. The van der Waals surface area contributed by atoms with Crippen LogP contribution >= 0.6 is 0 Å². The van der Waals surface area contributed by atoms with Crippen molar-refractivity contribution in [3.8, 4) is 0 Å². The van der Waals surface area contributed by atoms with Crippen molar-refractivity contribution in [1.29, 1.82) is 0 Å². The quantitative estimate of drug-likeness (QED) is 0.245. The molecular formula is C34H42N8O6. The lowest BCUT2D eigenvalue weighted by Gasteiger charge is -2.29. The van der Waals surface area contributed by atoms with Gasteiger partial charge in [-0.15, -0.1) is 0 Å². The molecule has 254 valence electrons. The number of hydrogen-bond donors (Lipinski definition) is 4. The van der Waals surface area contributed by atoms with Gasteiger partial charge in [0.1, 0.15) is 23.7 Å². The molecule has 5 rings (SSSR count). The molecule has 0 unspecified atom stereocenters. The number of carbonyl (C=O) groups is 4. The largest absolute Gasteiger partial charge is 0.465 e. The molecule has 2 saturated heterocycles. The third-order valence-electron chi connectivity index (χ3n) is 8.90. The van der Waals surface area contributed by atoms with Crippen LogP contribution in [0.25, 0.3) is 24.3 Å². The van der Waals surface area contributed by atoms with Gasteiger partial charge >= 0.3 is 12.2 Å². The molecule has 2 aliphatic rings. The van der Waals surface area contributed by atoms with E-state index in [9.17, 15) is 24.3 Å². The van der Waals surface area contributed by atoms with Gasteiger partial charge in [-0.25, -0.2) is 19.6 Å². The molecule has 48 heavy (non-hydrogen) atoms. The average molecular weight is 659 g/mol. The van der Waals surface area contributed by atoms with Crippen LogP contribution in [0.1, 0.15) is 85.8 Å². The minimum absolute atomic E-state index is 0.178. The number of hydrogen-bond acceptors (Lipinski definition) is 7. The van der Waals surface area contributed by atoms with Gasteiger partial charge in [0.05, 0.1) is 30.6 Å². The molecule has 4 amide bonds. The van der Waals surface area contributed by atoms with Crippen molar-refractivity contribution in [2.45, 2.75) is 63.7 Å². The molecule has 14 nitrogen and oxygen atoms in total. The van der Waals surface area contributed by atoms with E-state index in [-0.39, 0.29) is 23.9 Å². The predicted octanol–water partition coefficient (Wildman–Crippen LogP) is 4.54. The Kier molecular flexibility index (Phi) is 10.6. The number of imidazole rings is 2. The second kappa shape index (κ2) is 15.0. The van der Waals surface area contributed by atoms with Crippen LogP contribution < -0.4 is 5.32 Å². The normalized spacial score (nSPS) is 19.2. The zero-order valence-corrected chi connectivity index (χ0v) is 27.6. The number of benzene rings is 1. The van der Waals surface area contributed by atoms with Gasteiger partial charge in [0.25, 0.3) is 0 Å². The Bertz CT molecular complexity index is 1680. The Morgan fingerprint density at radius 2 is 1.35 bits per heavy atom. The summed E-state index contributed by atoms with van der Waals surface area (Å²) in [6.07, 6.45) is 12.8. The first-order valence-electron chi connectivity index (χ1n) is 16.0. The molecule has 0 radical (unpaired) electrons. The minimum atomic E-state index is -1.14. The van der Waals surface area contributed by atoms with Crippen molar-refractivity contribution in [2.75, 3.05) is 27.2 Å². The molecule has 1 aromatic carbocycles. The molecule has 4 atom stereocenters. The van der Waals surface area contributed by atoms with Crippen LogP contribution in [-0.4, -0.2) is 103 Å². The van der Waals surface area contributed by atoms with Gasteiger partial charge in [-0.2, -0.15) is 0 Å². The molecule has 2 fully saturated rings. The smallest absolute Gasteiger partial charge is 0.407 e. The Morgan fingerprint density at radius 3 is 1.81 bits per heavy atom. The zero-order valence-electron chi connectivity index (χ0n) is 27.6. The Labute approximate surface area is 278 Å². The van der Waals surface area contributed by atoms with Crippen LogP contribution in [0.3, 0.4) is 0 Å². The summed E-state index contributed by atoms with van der Waals surface area (Å²) in [6, 6.07) is 6.12. The summed E-state index contributed by atoms with van der Waals surface area (Å²) in [7, 11) is 2.66. The van der Waals surface area contributed by atoms with E-state index >= 15 is 0 Å². The molecule has 0 bridgehead atoms. The van der Waals surface area contributed by atoms with Crippen molar-refractivity contribution in [3.63, 3.8) is 0 Å². The number of nitrogens with one attached hydrogen (secondary N) is 3. The number of aromatic amines is 2. The van der Waals surface area contributed by atoms with Gasteiger partial charge in [0.15, 0.2) is 0 Å². The van der Waals surface area contributed by atoms with Crippen LogP contribution in [0, 0.1) is 0 Å². The van der Waals surface area contributed by atoms with Gasteiger partial charge < -0.3 is 34.9 Å². The van der Waals surface area contributed by atoms with Crippen LogP contribution in [-0.2, 0) is 14.3 Å². The first kappa shape index (κ1) is 33.9. The molecule has 14 heteroatoms. The first-order chi connectivity index (χ1) is 23.0. The fourth-order valence-electron chi connectivity index (χ4n) is 6.04. The number of nitrogens with zero attached hydrogens (tertiary/aromatic N) is 5. The third kappa shape index (κ3) is 7.76. The third-order valence-corrected chi connectivity index (χ3v) is 8.90. The monoisotopic (exact) mass is 658 g/mol. The highest BCUT2D eigenvalue weighted by Crippen LogP contribution is 2.32. The van der Waals surface area contributed by atoms with Gasteiger partial charge in [-0.1, -0.05) is 36.4 Å². The standard InChI is InChI=1S/C34H42N8O6/c1-21(37-33(45)48-4)31(43)41-17-5-7-27(41)29-35-19-25(38-29)15-13-23-9-11-24(12-10-23)14-16-26-20-36-30(39-26)28-8-6-18-42(28)32(44)22(2)40(3)34(46)47/h9-16,19-22,27-28H,5-8,17-18H2,1-4H3,(H,35,38)(H,36,39)(H,37,45)(H,46,47)/b15-13+,16-14+/t21-,22-,27-,28-/m0/s1. The first-order valence-corrected chi connectivity index (χ1v) is 16.0. The van der Waals surface area contributed by atoms with Crippen molar-refractivity contribution in [3.05, 3.63) is 70.8 Å². The number of carboxylic acid groups (broad SMARTS) is 1. The van der Waals surface area contributed by atoms with Crippen molar-refractivity contribution in [1.82, 2.24) is 40.0 Å². The molecule has 4 N–H and O–H groups in total. The molecule has 0 spiro atoms. The average Bonchev–Trinajstić information content (AvgIpc) is 3.92. The summed E-state index contributed by atoms with van der Waals surface area (Å²) in [5, 5.41) is 11.8. The fourth-order valence-corrected chi connectivity index (χ4v) is 6.04. The fraction of sp³-hybridized carbons (Fsp3) is 0.412. The van der Waals surface area contributed by atoms with Gasteiger partial charge in [0, 0.05) is 32.5 Å². The number of rotatable bonds is 10. The van der Waals surface area contributed by atoms with E-state index in [4.69, 9.17) is 9.97 Å². The van der Waals surface area contributed by atoms with Crippen LogP contribution in [0.5, 0.6) is 0 Å². The van der Waals surface area contributed by atoms with Crippen LogP contribution in [0.15, 0.2) is 36.7 Å². The van der Waals surface area contributed by atoms with Crippen molar-refractivity contribution >= 4 is 48.3 Å². The lowest BCUT2D eigenvalue weighted by atomic mass is 10.1. The second-order valence-electron chi connectivity index (χ2n) is 12.1. The molecular weight excluding hydrogens is 616 g/mol. The summed E-state index contributed by atoms with van der Waals surface area (Å²) in [4.78, 5) is 69.2. The van der Waals surface area contributed by atoms with Crippen LogP contribution in [0.2, 0.25) is 0 Å². The van der Waals surface area contributed by atoms with Crippen LogP contribution in [0.4, 0.5) is 9.59 Å². The molecule has 4 heterocycles. The Morgan fingerprint density at radius 1 is 0.875 bits per heavy atom. The van der Waals surface area contributed by atoms with Gasteiger partial charge in [0.2, 0.25) is 11.8 Å². The highest BCUT2D eigenvalue weighted by molar-refractivity contribution is 5.86. The van der Waals surface area contributed by atoms with Gasteiger partial charge in [-0.05, 0) is 62.8 Å². The molecule has 2 aliphatic heterocycles. The number of carbonyl (C=O) groups excluding carboxylic acids is 3. The topological polar surface area (TPSA) is 177 Å².